The molecule has 0 atom stereocenters. The average Bonchev–Trinajstić information content (AvgIpc) is 3.25. The number of nitrogen functional groups attached to an aromatic ring is 1. The number of nitrogens with one attached hydrogen (secondary N) is 1. The van der Waals surface area contributed by atoms with E-state index in [9.17, 15) is 4.79 Å². The summed E-state index contributed by atoms with van der Waals surface area (Å²) in [7, 11) is 0. The minimum atomic E-state index is -0.185. The topological polar surface area (TPSA) is 80.5 Å². The number of hydrogen-bond donors (Lipinski definition) is 2. The molecule has 3 aliphatic rings. The number of hydrogen-bond acceptors (Lipinski definition) is 7. The van der Waals surface area contributed by atoms with Crippen LogP contribution in [0.1, 0.15) is 43.5 Å². The lowest BCUT2D eigenvalue weighted by Crippen LogP contribution is -2.44. The fourth-order valence-electron chi connectivity index (χ4n) is 4.31. The van der Waals surface area contributed by atoms with E-state index in [2.05, 4.69) is 16.4 Å². The number of anilines is 1. The van der Waals surface area contributed by atoms with Crippen molar-refractivity contribution in [1.29, 1.82) is 0 Å². The number of piperidine rings is 1. The molecule has 8 heteroatoms. The second-order valence-electron chi connectivity index (χ2n) is 7.19. The summed E-state index contributed by atoms with van der Waals surface area (Å²) in [4.78, 5) is 22.8. The predicted molar refractivity (Wildman–Crippen MR) is 103 cm³/mol. The monoisotopic (exact) mass is 390 g/mol. The molecule has 0 unspecified atom stereocenters. The van der Waals surface area contributed by atoms with Crippen LogP contribution in [0.15, 0.2) is 6.07 Å². The van der Waals surface area contributed by atoms with Crippen LogP contribution in [-0.2, 0) is 29.7 Å². The second-order valence-corrected chi connectivity index (χ2v) is 9.44. The summed E-state index contributed by atoms with van der Waals surface area (Å²) in [5.74, 6) is 0.131. The number of amides is 1. The van der Waals surface area contributed by atoms with Crippen LogP contribution in [0.4, 0.5) is 5.13 Å². The number of ether oxygens (including phenoxy) is 1. The number of nitrogens with two attached hydrogens (primary N) is 1. The first kappa shape index (κ1) is 16.7. The highest BCUT2D eigenvalue weighted by molar-refractivity contribution is 7.15. The highest BCUT2D eigenvalue weighted by Crippen LogP contribution is 2.43. The zero-order valence-corrected chi connectivity index (χ0v) is 16.2. The van der Waals surface area contributed by atoms with Gasteiger partial charge in [-0.1, -0.05) is 0 Å². The molecule has 2 aromatic heterocycles. The molecule has 138 valence electrons. The van der Waals surface area contributed by atoms with E-state index in [1.807, 2.05) is 4.90 Å². The first-order valence-electron chi connectivity index (χ1n) is 9.16. The molecule has 5 heterocycles. The van der Waals surface area contributed by atoms with Crippen molar-refractivity contribution < 1.29 is 9.53 Å². The van der Waals surface area contributed by atoms with Gasteiger partial charge in [-0.3, -0.25) is 4.79 Å². The van der Waals surface area contributed by atoms with Gasteiger partial charge in [0.2, 0.25) is 0 Å². The van der Waals surface area contributed by atoms with E-state index in [1.165, 1.54) is 21.8 Å². The highest BCUT2D eigenvalue weighted by atomic mass is 32.1. The van der Waals surface area contributed by atoms with Gasteiger partial charge in [-0.25, -0.2) is 4.98 Å². The molecule has 1 amide bonds. The molecule has 0 aliphatic carbocycles. The number of thiophene rings is 1. The molecule has 6 nitrogen and oxygen atoms in total. The van der Waals surface area contributed by atoms with Gasteiger partial charge in [-0.2, -0.15) is 0 Å². The second kappa shape index (κ2) is 6.30. The summed E-state index contributed by atoms with van der Waals surface area (Å²) in [5, 5.41) is 4.01. The third-order valence-corrected chi connectivity index (χ3v) is 7.76. The third kappa shape index (κ3) is 2.67. The van der Waals surface area contributed by atoms with Crippen molar-refractivity contribution in [1.82, 2.24) is 15.2 Å². The number of carbonyl (C=O) groups is 1. The zero-order valence-electron chi connectivity index (χ0n) is 14.5. The fourth-order valence-corrected chi connectivity index (χ4v) is 6.40. The van der Waals surface area contributed by atoms with Crippen molar-refractivity contribution in [3.63, 3.8) is 0 Å². The maximum Gasteiger partial charge on any atom is 0.264 e. The van der Waals surface area contributed by atoms with Crippen molar-refractivity contribution in [3.8, 4) is 0 Å². The van der Waals surface area contributed by atoms with Gasteiger partial charge in [0, 0.05) is 29.1 Å². The van der Waals surface area contributed by atoms with Gasteiger partial charge in [0.1, 0.15) is 0 Å². The zero-order chi connectivity index (χ0) is 17.7. The maximum atomic E-state index is 13.1. The summed E-state index contributed by atoms with van der Waals surface area (Å²) in [6, 6.07) is 2.11. The van der Waals surface area contributed by atoms with Crippen molar-refractivity contribution in [2.75, 3.05) is 32.0 Å². The fraction of sp³-hybridized carbons (Fsp3) is 0.556. The summed E-state index contributed by atoms with van der Waals surface area (Å²) in [6.07, 6.45) is 3.67. The Morgan fingerprint density at radius 1 is 1.27 bits per heavy atom. The Morgan fingerprint density at radius 3 is 2.96 bits per heavy atom. The van der Waals surface area contributed by atoms with Crippen LogP contribution in [-0.4, -0.2) is 42.0 Å². The Labute approximate surface area is 160 Å². The normalized spacial score (nSPS) is 21.5. The molecule has 2 aromatic rings. The van der Waals surface area contributed by atoms with Gasteiger partial charge in [-0.15, -0.1) is 22.7 Å². The predicted octanol–water partition coefficient (Wildman–Crippen LogP) is 2.14. The van der Waals surface area contributed by atoms with Crippen molar-refractivity contribution in [2.45, 2.75) is 37.8 Å². The van der Waals surface area contributed by atoms with E-state index >= 15 is 0 Å². The standard InChI is InChI=1S/C18H22N4O2S2/c19-17-21-12-1-7-22(10-15(12)26-17)16(23)14-9-11-13(25-14)2-8-24-18(11)3-5-20-6-4-18/h9,20H,1-8,10H2,(H2,19,21). The lowest BCUT2D eigenvalue weighted by molar-refractivity contribution is -0.0792. The molecule has 0 bridgehead atoms. The molecular formula is C18H22N4O2S2. The molecule has 26 heavy (non-hydrogen) atoms. The van der Waals surface area contributed by atoms with Gasteiger partial charge in [0.15, 0.2) is 5.13 Å². The molecule has 1 saturated heterocycles. The van der Waals surface area contributed by atoms with Crippen molar-refractivity contribution >= 4 is 33.7 Å². The van der Waals surface area contributed by atoms with Gasteiger partial charge in [-0.05, 0) is 37.6 Å². The molecule has 0 saturated carbocycles. The SMILES string of the molecule is Nc1nc2c(s1)CN(C(=O)c1cc3c(s1)CCOC31CCNCC1)CC2. The first-order chi connectivity index (χ1) is 12.6. The largest absolute Gasteiger partial charge is 0.375 e. The van der Waals surface area contributed by atoms with E-state index in [4.69, 9.17) is 10.5 Å². The summed E-state index contributed by atoms with van der Waals surface area (Å²) < 4.78 is 6.24. The summed E-state index contributed by atoms with van der Waals surface area (Å²) in [6.45, 7) is 4.04. The van der Waals surface area contributed by atoms with Gasteiger partial charge < -0.3 is 20.7 Å². The maximum absolute atomic E-state index is 13.1. The van der Waals surface area contributed by atoms with E-state index in [-0.39, 0.29) is 11.5 Å². The van der Waals surface area contributed by atoms with Crippen molar-refractivity contribution in [3.05, 3.63) is 32.0 Å². The van der Waals surface area contributed by atoms with Crippen molar-refractivity contribution in [2.24, 2.45) is 0 Å². The van der Waals surface area contributed by atoms with Gasteiger partial charge in [0.25, 0.3) is 5.91 Å². The van der Waals surface area contributed by atoms with E-state index in [0.717, 1.165) is 60.8 Å². The van der Waals surface area contributed by atoms with Gasteiger partial charge in [0.05, 0.1) is 29.3 Å². The van der Waals surface area contributed by atoms with Crippen LogP contribution in [0.2, 0.25) is 0 Å². The Kier molecular flexibility index (Phi) is 4.04. The highest BCUT2D eigenvalue weighted by Gasteiger charge is 2.41. The van der Waals surface area contributed by atoms with Crippen LogP contribution in [0.25, 0.3) is 0 Å². The van der Waals surface area contributed by atoms with Crippen LogP contribution in [0.3, 0.4) is 0 Å². The molecule has 3 aliphatic heterocycles. The van der Waals surface area contributed by atoms with E-state index in [1.54, 1.807) is 11.3 Å². The smallest absolute Gasteiger partial charge is 0.264 e. The number of rotatable bonds is 1. The minimum absolute atomic E-state index is 0.131. The summed E-state index contributed by atoms with van der Waals surface area (Å²) >= 11 is 3.16. The molecule has 0 aromatic carbocycles. The molecule has 0 radical (unpaired) electrons. The minimum Gasteiger partial charge on any atom is -0.375 e. The molecule has 1 spiro atoms. The Hall–Kier alpha value is -1.48. The lowest BCUT2D eigenvalue weighted by Gasteiger charge is -2.40. The number of aromatic nitrogens is 1. The Morgan fingerprint density at radius 2 is 2.12 bits per heavy atom. The number of nitrogens with zero attached hydrogens (tertiary/aromatic N) is 2. The quantitative estimate of drug-likeness (QED) is 0.780. The first-order valence-corrected chi connectivity index (χ1v) is 10.8. The van der Waals surface area contributed by atoms with Crippen LogP contribution >= 0.6 is 22.7 Å². The molecule has 5 rings (SSSR count). The van der Waals surface area contributed by atoms with Crippen LogP contribution < -0.4 is 11.1 Å². The van der Waals surface area contributed by atoms with Crippen LogP contribution in [0.5, 0.6) is 0 Å². The Bertz CT molecular complexity index is 853. The number of thiazole rings is 1. The molecule has 3 N–H and O–H groups in total. The van der Waals surface area contributed by atoms with Gasteiger partial charge >= 0.3 is 0 Å². The summed E-state index contributed by atoms with van der Waals surface area (Å²) in [5.41, 5.74) is 7.96. The van der Waals surface area contributed by atoms with E-state index in [0.29, 0.717) is 18.2 Å². The van der Waals surface area contributed by atoms with Crippen LogP contribution in [0, 0.1) is 0 Å². The van der Waals surface area contributed by atoms with E-state index < -0.39 is 0 Å². The Balaban J connectivity index is 1.42. The average molecular weight is 391 g/mol. The molecule has 1 fully saturated rings. The molecular weight excluding hydrogens is 368 g/mol. The third-order valence-electron chi connectivity index (χ3n) is 5.66. The lowest BCUT2D eigenvalue weighted by atomic mass is 9.83. The number of carbonyl (C=O) groups excluding carboxylic acids is 1. The number of fused-ring (bicyclic) bond motifs is 3.